The monoisotopic (exact) mass is 260 g/mol. The maximum absolute atomic E-state index is 11.9. The van der Waals surface area contributed by atoms with Crippen LogP contribution in [0.1, 0.15) is 5.82 Å². The highest BCUT2D eigenvalue weighted by atomic mass is 19.4. The number of aromatic nitrogens is 3. The molecule has 0 saturated carbocycles. The molecule has 0 atom stereocenters. The molecule has 0 spiro atoms. The van der Waals surface area contributed by atoms with Gasteiger partial charge in [0.05, 0.1) is 25.7 Å². The lowest BCUT2D eigenvalue weighted by Crippen LogP contribution is -2.28. The Morgan fingerprint density at radius 3 is 2.78 bits per heavy atom. The molecule has 0 aliphatic carbocycles. The molecule has 0 bridgehead atoms. The van der Waals surface area contributed by atoms with Crippen LogP contribution in [-0.2, 0) is 6.54 Å². The standard InChI is InChI=1S/C10H11F3N4O/c1-18-8-3-2-6-9(17-8)16-7(15-6)4-14-5-10(11,12)13/h2-3,14H,4-5H2,1H3,(H,15,16,17). The summed E-state index contributed by atoms with van der Waals surface area (Å²) in [5, 5.41) is 2.25. The number of hydrogen-bond acceptors (Lipinski definition) is 4. The first-order valence-corrected chi connectivity index (χ1v) is 5.15. The van der Waals surface area contributed by atoms with E-state index >= 15 is 0 Å². The normalized spacial score (nSPS) is 12.0. The number of fused-ring (bicyclic) bond motifs is 1. The highest BCUT2D eigenvalue weighted by molar-refractivity contribution is 5.71. The van der Waals surface area contributed by atoms with Gasteiger partial charge in [0.15, 0.2) is 5.65 Å². The third-order valence-electron chi connectivity index (χ3n) is 2.20. The van der Waals surface area contributed by atoms with Crippen molar-refractivity contribution in [2.45, 2.75) is 12.7 Å². The van der Waals surface area contributed by atoms with Crippen LogP contribution in [0, 0.1) is 0 Å². The predicted octanol–water partition coefficient (Wildman–Crippen LogP) is 1.62. The molecule has 2 aromatic heterocycles. The lowest BCUT2D eigenvalue weighted by atomic mass is 10.4. The summed E-state index contributed by atoms with van der Waals surface area (Å²) in [7, 11) is 1.48. The fourth-order valence-corrected chi connectivity index (χ4v) is 1.45. The fourth-order valence-electron chi connectivity index (χ4n) is 1.45. The zero-order valence-corrected chi connectivity index (χ0v) is 9.51. The van der Waals surface area contributed by atoms with Gasteiger partial charge in [-0.3, -0.25) is 0 Å². The van der Waals surface area contributed by atoms with Crippen LogP contribution in [0.25, 0.3) is 11.2 Å². The lowest BCUT2D eigenvalue weighted by molar-refractivity contribution is -0.125. The maximum Gasteiger partial charge on any atom is 0.401 e. The van der Waals surface area contributed by atoms with Gasteiger partial charge in [-0.05, 0) is 6.07 Å². The number of H-pyrrole nitrogens is 1. The van der Waals surface area contributed by atoms with Crippen molar-refractivity contribution < 1.29 is 17.9 Å². The summed E-state index contributed by atoms with van der Waals surface area (Å²) >= 11 is 0. The van der Waals surface area contributed by atoms with Crippen molar-refractivity contribution in [1.82, 2.24) is 20.3 Å². The molecule has 0 fully saturated rings. The van der Waals surface area contributed by atoms with Crippen LogP contribution >= 0.6 is 0 Å². The van der Waals surface area contributed by atoms with Gasteiger partial charge in [0, 0.05) is 6.07 Å². The Bertz CT molecular complexity index is 537. The molecule has 2 aromatic rings. The first-order valence-electron chi connectivity index (χ1n) is 5.15. The highest BCUT2D eigenvalue weighted by Crippen LogP contribution is 2.15. The van der Waals surface area contributed by atoms with Crippen LogP contribution in [0.15, 0.2) is 12.1 Å². The molecule has 2 N–H and O–H groups in total. The van der Waals surface area contributed by atoms with Crippen molar-refractivity contribution in [3.8, 4) is 5.88 Å². The molecule has 18 heavy (non-hydrogen) atoms. The van der Waals surface area contributed by atoms with E-state index in [1.165, 1.54) is 7.11 Å². The fraction of sp³-hybridized carbons (Fsp3) is 0.400. The van der Waals surface area contributed by atoms with Crippen LogP contribution in [-0.4, -0.2) is 34.8 Å². The summed E-state index contributed by atoms with van der Waals surface area (Å²) in [6, 6.07) is 3.36. The molecule has 0 saturated heterocycles. The average Bonchev–Trinajstić information content (AvgIpc) is 2.68. The van der Waals surface area contributed by atoms with Crippen molar-refractivity contribution in [2.75, 3.05) is 13.7 Å². The Morgan fingerprint density at radius 1 is 1.33 bits per heavy atom. The van der Waals surface area contributed by atoms with Gasteiger partial charge in [-0.2, -0.15) is 18.2 Å². The number of alkyl halides is 3. The molecular weight excluding hydrogens is 249 g/mol. The van der Waals surface area contributed by atoms with E-state index < -0.39 is 12.7 Å². The van der Waals surface area contributed by atoms with Crippen molar-refractivity contribution >= 4 is 11.2 Å². The first kappa shape index (κ1) is 12.6. The highest BCUT2D eigenvalue weighted by Gasteiger charge is 2.26. The van der Waals surface area contributed by atoms with Crippen molar-refractivity contribution in [3.63, 3.8) is 0 Å². The number of methoxy groups -OCH3 is 1. The number of hydrogen-bond donors (Lipinski definition) is 2. The van der Waals surface area contributed by atoms with Crippen molar-refractivity contribution in [3.05, 3.63) is 18.0 Å². The second kappa shape index (κ2) is 4.81. The molecule has 0 amide bonds. The van der Waals surface area contributed by atoms with Crippen molar-refractivity contribution in [2.24, 2.45) is 0 Å². The smallest absolute Gasteiger partial charge is 0.401 e. The van der Waals surface area contributed by atoms with Gasteiger partial charge in [0.2, 0.25) is 5.88 Å². The molecule has 98 valence electrons. The van der Waals surface area contributed by atoms with Gasteiger partial charge < -0.3 is 15.0 Å². The number of nitrogens with zero attached hydrogens (tertiary/aromatic N) is 2. The van der Waals surface area contributed by atoms with E-state index in [4.69, 9.17) is 4.74 Å². The predicted molar refractivity (Wildman–Crippen MR) is 58.2 cm³/mol. The topological polar surface area (TPSA) is 62.8 Å². The zero-order chi connectivity index (χ0) is 13.2. The number of rotatable bonds is 4. The van der Waals surface area contributed by atoms with E-state index in [1.54, 1.807) is 12.1 Å². The molecule has 8 heteroatoms. The van der Waals surface area contributed by atoms with E-state index in [9.17, 15) is 13.2 Å². The number of aromatic amines is 1. The summed E-state index contributed by atoms with van der Waals surface area (Å²) in [5.74, 6) is 0.804. The largest absolute Gasteiger partial charge is 0.481 e. The van der Waals surface area contributed by atoms with Crippen LogP contribution < -0.4 is 10.1 Å². The van der Waals surface area contributed by atoms with Gasteiger partial charge in [-0.15, -0.1) is 0 Å². The Hall–Kier alpha value is -1.83. The first-order chi connectivity index (χ1) is 8.48. The number of halogens is 3. The number of ether oxygens (including phenoxy) is 1. The van der Waals surface area contributed by atoms with E-state index in [0.29, 0.717) is 22.9 Å². The Kier molecular flexibility index (Phi) is 3.37. The minimum absolute atomic E-state index is 0.00180. The molecule has 5 nitrogen and oxygen atoms in total. The molecule has 0 aliphatic heterocycles. The number of pyridine rings is 1. The molecule has 0 aliphatic rings. The summed E-state index contributed by atoms with van der Waals surface area (Å²) in [6.45, 7) is -1.06. The van der Waals surface area contributed by atoms with Crippen molar-refractivity contribution in [1.29, 1.82) is 0 Å². The summed E-state index contributed by atoms with van der Waals surface area (Å²) < 4.78 is 40.7. The quantitative estimate of drug-likeness (QED) is 0.876. The van der Waals surface area contributed by atoms with Gasteiger partial charge in [0.1, 0.15) is 5.82 Å². The van der Waals surface area contributed by atoms with E-state index in [-0.39, 0.29) is 6.54 Å². The van der Waals surface area contributed by atoms with Gasteiger partial charge >= 0.3 is 6.18 Å². The summed E-state index contributed by atoms with van der Waals surface area (Å²) in [4.78, 5) is 11.0. The van der Waals surface area contributed by atoms with Gasteiger partial charge in [-0.1, -0.05) is 0 Å². The number of nitrogens with one attached hydrogen (secondary N) is 2. The third kappa shape index (κ3) is 3.10. The van der Waals surface area contributed by atoms with E-state index in [0.717, 1.165) is 0 Å². The van der Waals surface area contributed by atoms with Crippen LogP contribution in [0.3, 0.4) is 0 Å². The second-order valence-corrected chi connectivity index (χ2v) is 3.63. The van der Waals surface area contributed by atoms with E-state index in [2.05, 4.69) is 20.3 Å². The zero-order valence-electron chi connectivity index (χ0n) is 9.51. The molecule has 2 heterocycles. The molecule has 0 unspecified atom stereocenters. The minimum Gasteiger partial charge on any atom is -0.481 e. The minimum atomic E-state index is -4.23. The van der Waals surface area contributed by atoms with Crippen LogP contribution in [0.4, 0.5) is 13.2 Å². The lowest BCUT2D eigenvalue weighted by Gasteiger charge is -2.05. The summed E-state index contributed by atoms with van der Waals surface area (Å²) in [5.41, 5.74) is 1.07. The molecular formula is C10H11F3N4O. The van der Waals surface area contributed by atoms with Crippen LogP contribution in [0.2, 0.25) is 0 Å². The van der Waals surface area contributed by atoms with Gasteiger partial charge in [0.25, 0.3) is 0 Å². The Labute approximate surface area is 100 Å². The Balaban J connectivity index is 2.06. The molecule has 0 aromatic carbocycles. The molecule has 2 rings (SSSR count). The average molecular weight is 260 g/mol. The van der Waals surface area contributed by atoms with Gasteiger partial charge in [-0.25, -0.2) is 4.98 Å². The third-order valence-corrected chi connectivity index (χ3v) is 2.20. The van der Waals surface area contributed by atoms with Crippen LogP contribution in [0.5, 0.6) is 5.88 Å². The van der Waals surface area contributed by atoms with E-state index in [1.807, 2.05) is 0 Å². The SMILES string of the molecule is COc1ccc2[nH]c(CNCC(F)(F)F)nc2n1. The second-order valence-electron chi connectivity index (χ2n) is 3.63. The molecule has 0 radical (unpaired) electrons. The Morgan fingerprint density at radius 2 is 2.11 bits per heavy atom. The maximum atomic E-state index is 11.9. The summed E-state index contributed by atoms with van der Waals surface area (Å²) in [6.07, 6.45) is -4.23. The number of imidazole rings is 1.